The van der Waals surface area contributed by atoms with Crippen molar-refractivity contribution in [3.05, 3.63) is 50.2 Å². The minimum atomic E-state index is 0.280. The highest BCUT2D eigenvalue weighted by atomic mass is 79.9. The summed E-state index contributed by atoms with van der Waals surface area (Å²) in [5, 5.41) is 7.79. The third-order valence-electron chi connectivity index (χ3n) is 3.36. The van der Waals surface area contributed by atoms with Crippen LogP contribution in [0, 0.1) is 6.92 Å². The van der Waals surface area contributed by atoms with E-state index in [-0.39, 0.29) is 6.04 Å². The highest BCUT2D eigenvalue weighted by Crippen LogP contribution is 2.27. The molecule has 0 aliphatic rings. The number of hydrogen-bond donors (Lipinski definition) is 1. The van der Waals surface area contributed by atoms with Gasteiger partial charge in [0.2, 0.25) is 0 Å². The van der Waals surface area contributed by atoms with E-state index in [0.717, 1.165) is 15.5 Å². The molecule has 1 N–H and O–H groups in total. The Bertz CT molecular complexity index is 578. The van der Waals surface area contributed by atoms with E-state index in [2.05, 4.69) is 74.3 Å². The second-order valence-electron chi connectivity index (χ2n) is 4.65. The third kappa shape index (κ3) is 3.46. The summed E-state index contributed by atoms with van der Waals surface area (Å²) in [6.45, 7) is 5.08. The lowest BCUT2D eigenvalue weighted by molar-refractivity contribution is 0.570. The molecule has 0 aliphatic heterocycles. The van der Waals surface area contributed by atoms with Gasteiger partial charge in [-0.15, -0.1) is 0 Å². The molecule has 1 atom stereocenters. The third-order valence-corrected chi connectivity index (χ3v) is 4.54. The number of hydrogen-bond acceptors (Lipinski definition) is 2. The van der Waals surface area contributed by atoms with Crippen LogP contribution in [0.2, 0.25) is 0 Å². The maximum Gasteiger partial charge on any atom is 0.0537 e. The van der Waals surface area contributed by atoms with Crippen molar-refractivity contribution in [3.8, 4) is 0 Å². The summed E-state index contributed by atoms with van der Waals surface area (Å²) in [5.74, 6) is 0. The number of aryl methyl sites for hydroxylation is 1. The van der Waals surface area contributed by atoms with E-state index < -0.39 is 0 Å². The molecule has 0 spiro atoms. The van der Waals surface area contributed by atoms with Crippen LogP contribution in [0.1, 0.15) is 29.8 Å². The molecule has 5 heteroatoms. The van der Waals surface area contributed by atoms with Crippen LogP contribution in [-0.2, 0) is 13.6 Å². The van der Waals surface area contributed by atoms with E-state index in [1.54, 1.807) is 0 Å². The zero-order valence-electron chi connectivity index (χ0n) is 11.2. The normalized spacial score (nSPS) is 12.7. The van der Waals surface area contributed by atoms with Crippen LogP contribution in [0.4, 0.5) is 0 Å². The molecule has 0 saturated carbocycles. The molecule has 1 heterocycles. The zero-order chi connectivity index (χ0) is 14.0. The fourth-order valence-corrected chi connectivity index (χ4v) is 3.33. The molecule has 102 valence electrons. The Hall–Kier alpha value is -0.650. The van der Waals surface area contributed by atoms with E-state index >= 15 is 0 Å². The van der Waals surface area contributed by atoms with Gasteiger partial charge in [0.15, 0.2) is 0 Å². The first-order chi connectivity index (χ1) is 8.99. The highest BCUT2D eigenvalue weighted by molar-refractivity contribution is 9.11. The number of rotatable bonds is 4. The summed E-state index contributed by atoms with van der Waals surface area (Å²) in [6.07, 6.45) is 1.92. The topological polar surface area (TPSA) is 29.9 Å². The fraction of sp³-hybridized carbons (Fsp3) is 0.357. The first kappa shape index (κ1) is 14.8. The molecule has 0 amide bonds. The van der Waals surface area contributed by atoms with Crippen LogP contribution >= 0.6 is 31.9 Å². The largest absolute Gasteiger partial charge is 0.306 e. The molecule has 0 bridgehead atoms. The van der Waals surface area contributed by atoms with E-state index in [1.165, 1.54) is 16.8 Å². The smallest absolute Gasteiger partial charge is 0.0537 e. The number of aromatic nitrogens is 2. The van der Waals surface area contributed by atoms with Gasteiger partial charge in [0.1, 0.15) is 0 Å². The van der Waals surface area contributed by atoms with E-state index in [0.29, 0.717) is 0 Å². The standard InChI is InChI=1S/C14H17Br2N3/c1-9(13-5-4-12(15)6-14(13)16)17-7-11-8-18-19(3)10(11)2/h4-6,8-9,17H,7H2,1-3H3. The van der Waals surface area contributed by atoms with Gasteiger partial charge in [-0.2, -0.15) is 5.10 Å². The Morgan fingerprint density at radius 1 is 1.37 bits per heavy atom. The molecule has 1 aromatic carbocycles. The van der Waals surface area contributed by atoms with Crippen molar-refractivity contribution in [1.82, 2.24) is 15.1 Å². The van der Waals surface area contributed by atoms with Gasteiger partial charge in [-0.3, -0.25) is 4.68 Å². The average Bonchev–Trinajstić information content (AvgIpc) is 2.67. The molecule has 0 fully saturated rings. The molecular formula is C14H17Br2N3. The number of nitrogens with one attached hydrogen (secondary N) is 1. The zero-order valence-corrected chi connectivity index (χ0v) is 14.4. The first-order valence-corrected chi connectivity index (χ1v) is 7.73. The second kappa shape index (κ2) is 6.20. The quantitative estimate of drug-likeness (QED) is 0.856. The van der Waals surface area contributed by atoms with Gasteiger partial charge in [0, 0.05) is 39.8 Å². The van der Waals surface area contributed by atoms with E-state index in [9.17, 15) is 0 Å². The Balaban J connectivity index is 2.05. The Morgan fingerprint density at radius 2 is 2.11 bits per heavy atom. The maximum atomic E-state index is 4.26. The lowest BCUT2D eigenvalue weighted by atomic mass is 10.1. The summed E-state index contributed by atoms with van der Waals surface area (Å²) >= 11 is 7.08. The molecule has 1 aromatic heterocycles. The number of nitrogens with zero attached hydrogens (tertiary/aromatic N) is 2. The van der Waals surface area contributed by atoms with Gasteiger partial charge in [-0.25, -0.2) is 0 Å². The van der Waals surface area contributed by atoms with Crippen LogP contribution in [-0.4, -0.2) is 9.78 Å². The van der Waals surface area contributed by atoms with Crippen LogP contribution in [0.15, 0.2) is 33.3 Å². The van der Waals surface area contributed by atoms with Crippen molar-refractivity contribution in [3.63, 3.8) is 0 Å². The van der Waals surface area contributed by atoms with Crippen molar-refractivity contribution in [2.75, 3.05) is 0 Å². The summed E-state index contributed by atoms with van der Waals surface area (Å²) < 4.78 is 4.10. The number of halogens is 2. The maximum absolute atomic E-state index is 4.26. The molecule has 2 rings (SSSR count). The molecule has 0 aliphatic carbocycles. The van der Waals surface area contributed by atoms with Crippen LogP contribution in [0.5, 0.6) is 0 Å². The Morgan fingerprint density at radius 3 is 2.68 bits per heavy atom. The molecule has 1 unspecified atom stereocenters. The molecule has 3 nitrogen and oxygen atoms in total. The van der Waals surface area contributed by atoms with Gasteiger partial charge in [-0.05, 0) is 31.5 Å². The summed E-state index contributed by atoms with van der Waals surface area (Å²) in [6, 6.07) is 6.54. The van der Waals surface area contributed by atoms with Crippen molar-refractivity contribution in [2.24, 2.45) is 7.05 Å². The van der Waals surface area contributed by atoms with Gasteiger partial charge >= 0.3 is 0 Å². The molecular weight excluding hydrogens is 370 g/mol. The van der Waals surface area contributed by atoms with Crippen molar-refractivity contribution in [2.45, 2.75) is 26.4 Å². The molecule has 0 radical (unpaired) electrons. The SMILES string of the molecule is Cc1c(CNC(C)c2ccc(Br)cc2Br)cnn1C. The van der Waals surface area contributed by atoms with Gasteiger partial charge in [-0.1, -0.05) is 37.9 Å². The van der Waals surface area contributed by atoms with Crippen LogP contribution < -0.4 is 5.32 Å². The van der Waals surface area contributed by atoms with Crippen molar-refractivity contribution in [1.29, 1.82) is 0 Å². The first-order valence-electron chi connectivity index (χ1n) is 6.15. The monoisotopic (exact) mass is 385 g/mol. The number of benzene rings is 1. The second-order valence-corrected chi connectivity index (χ2v) is 6.42. The minimum Gasteiger partial charge on any atom is -0.306 e. The summed E-state index contributed by atoms with van der Waals surface area (Å²) in [4.78, 5) is 0. The lowest BCUT2D eigenvalue weighted by Crippen LogP contribution is -2.18. The van der Waals surface area contributed by atoms with E-state index in [4.69, 9.17) is 0 Å². The van der Waals surface area contributed by atoms with Crippen molar-refractivity contribution < 1.29 is 0 Å². The molecule has 19 heavy (non-hydrogen) atoms. The van der Waals surface area contributed by atoms with Gasteiger partial charge < -0.3 is 5.32 Å². The Kier molecular flexibility index (Phi) is 4.81. The summed E-state index contributed by atoms with van der Waals surface area (Å²) in [7, 11) is 1.97. The van der Waals surface area contributed by atoms with E-state index in [1.807, 2.05) is 17.9 Å². The predicted octanol–water partition coefficient (Wildman–Crippen LogP) is 4.10. The summed E-state index contributed by atoms with van der Waals surface area (Å²) in [5.41, 5.74) is 3.70. The Labute approximate surface area is 130 Å². The average molecular weight is 387 g/mol. The fourth-order valence-electron chi connectivity index (χ4n) is 1.94. The van der Waals surface area contributed by atoms with Crippen LogP contribution in [0.3, 0.4) is 0 Å². The van der Waals surface area contributed by atoms with Gasteiger partial charge in [0.25, 0.3) is 0 Å². The molecule has 2 aromatic rings. The van der Waals surface area contributed by atoms with Gasteiger partial charge in [0.05, 0.1) is 6.20 Å². The van der Waals surface area contributed by atoms with Crippen molar-refractivity contribution >= 4 is 31.9 Å². The predicted molar refractivity (Wildman–Crippen MR) is 85.0 cm³/mol. The molecule has 0 saturated heterocycles. The lowest BCUT2D eigenvalue weighted by Gasteiger charge is -2.16. The highest BCUT2D eigenvalue weighted by Gasteiger charge is 2.10. The van der Waals surface area contributed by atoms with Crippen LogP contribution in [0.25, 0.3) is 0 Å². The minimum absolute atomic E-state index is 0.280.